The number of carbonyl (C=O) groups is 1. The first kappa shape index (κ1) is 13.2. The predicted octanol–water partition coefficient (Wildman–Crippen LogP) is 2.88. The number of ketones is 1. The van der Waals surface area contributed by atoms with E-state index in [1.54, 1.807) is 13.8 Å². The number of Topliss-reactive ketones (excluding diaryl/α,β-unsaturated/α-hetero) is 1. The summed E-state index contributed by atoms with van der Waals surface area (Å²) in [6, 6.07) is 9.66. The number of rotatable bonds is 5. The second kappa shape index (κ2) is 5.49. The summed E-state index contributed by atoms with van der Waals surface area (Å²) in [7, 11) is 0. The minimum absolute atomic E-state index is 0.0901. The van der Waals surface area contributed by atoms with Crippen molar-refractivity contribution in [1.82, 2.24) is 0 Å². The summed E-state index contributed by atoms with van der Waals surface area (Å²) in [6.45, 7) is 5.55. The van der Waals surface area contributed by atoms with Crippen LogP contribution in [-0.4, -0.2) is 12.4 Å². The van der Waals surface area contributed by atoms with Crippen molar-refractivity contribution in [3.8, 4) is 11.8 Å². The highest BCUT2D eigenvalue weighted by Gasteiger charge is 2.26. The van der Waals surface area contributed by atoms with Crippen LogP contribution in [0.25, 0.3) is 0 Å². The standard InChI is InChI=1S/C14H17NO2/c1-11-5-4-6-12(9-11)17-8-7-13(16)14(2,3)10-15/h4-6,9H,7-8H2,1-3H3. The molecule has 90 valence electrons. The lowest BCUT2D eigenvalue weighted by Crippen LogP contribution is -2.23. The Balaban J connectivity index is 2.44. The fourth-order valence-corrected chi connectivity index (χ4v) is 1.34. The van der Waals surface area contributed by atoms with Crippen molar-refractivity contribution in [2.45, 2.75) is 27.2 Å². The maximum Gasteiger partial charge on any atom is 0.155 e. The molecular formula is C14H17NO2. The second-order valence-corrected chi connectivity index (χ2v) is 4.57. The van der Waals surface area contributed by atoms with Gasteiger partial charge in [-0.3, -0.25) is 4.79 Å². The van der Waals surface area contributed by atoms with Gasteiger partial charge in [-0.25, -0.2) is 0 Å². The van der Waals surface area contributed by atoms with E-state index in [9.17, 15) is 4.79 Å². The molecule has 0 aliphatic rings. The zero-order chi connectivity index (χ0) is 12.9. The summed E-state index contributed by atoms with van der Waals surface area (Å²) < 4.78 is 5.47. The van der Waals surface area contributed by atoms with E-state index >= 15 is 0 Å². The lowest BCUT2D eigenvalue weighted by atomic mass is 9.88. The van der Waals surface area contributed by atoms with Crippen LogP contribution in [0, 0.1) is 23.7 Å². The van der Waals surface area contributed by atoms with Gasteiger partial charge < -0.3 is 4.74 Å². The smallest absolute Gasteiger partial charge is 0.155 e. The average molecular weight is 231 g/mol. The number of hydrogen-bond acceptors (Lipinski definition) is 3. The SMILES string of the molecule is Cc1cccc(OCCC(=O)C(C)(C)C#N)c1. The van der Waals surface area contributed by atoms with E-state index in [0.29, 0.717) is 6.61 Å². The van der Waals surface area contributed by atoms with Crippen LogP contribution in [0.2, 0.25) is 0 Å². The quantitative estimate of drug-likeness (QED) is 0.782. The number of ether oxygens (including phenoxy) is 1. The Kier molecular flexibility index (Phi) is 4.28. The molecule has 0 bridgehead atoms. The second-order valence-electron chi connectivity index (χ2n) is 4.57. The van der Waals surface area contributed by atoms with Crippen LogP contribution in [0.5, 0.6) is 5.75 Å². The number of carbonyl (C=O) groups excluding carboxylic acids is 1. The summed E-state index contributed by atoms with van der Waals surface area (Å²) >= 11 is 0. The number of nitrogens with zero attached hydrogens (tertiary/aromatic N) is 1. The van der Waals surface area contributed by atoms with Gasteiger partial charge in [0, 0.05) is 6.42 Å². The molecule has 0 aliphatic heterocycles. The highest BCUT2D eigenvalue weighted by molar-refractivity contribution is 5.86. The van der Waals surface area contributed by atoms with Gasteiger partial charge >= 0.3 is 0 Å². The van der Waals surface area contributed by atoms with Gasteiger partial charge in [-0.2, -0.15) is 5.26 Å². The maximum atomic E-state index is 11.7. The molecule has 0 saturated heterocycles. The Morgan fingerprint density at radius 2 is 2.18 bits per heavy atom. The van der Waals surface area contributed by atoms with Gasteiger partial charge in [0.05, 0.1) is 12.7 Å². The van der Waals surface area contributed by atoms with E-state index in [2.05, 4.69) is 0 Å². The summed E-state index contributed by atoms with van der Waals surface area (Å²) in [5.41, 5.74) is 0.196. The van der Waals surface area contributed by atoms with Crippen LogP contribution in [0.1, 0.15) is 25.8 Å². The first-order chi connectivity index (χ1) is 7.95. The van der Waals surface area contributed by atoms with Crippen LogP contribution in [0.3, 0.4) is 0 Å². The molecular weight excluding hydrogens is 214 g/mol. The summed E-state index contributed by atoms with van der Waals surface area (Å²) in [5.74, 6) is 0.667. The Labute approximate surface area is 102 Å². The summed E-state index contributed by atoms with van der Waals surface area (Å²) in [6.07, 6.45) is 0.258. The van der Waals surface area contributed by atoms with Gasteiger partial charge in [-0.05, 0) is 38.5 Å². The molecule has 3 heteroatoms. The van der Waals surface area contributed by atoms with Crippen LogP contribution < -0.4 is 4.74 Å². The van der Waals surface area contributed by atoms with Crippen molar-refractivity contribution in [3.63, 3.8) is 0 Å². The topological polar surface area (TPSA) is 50.1 Å². The largest absolute Gasteiger partial charge is 0.493 e. The molecule has 1 aromatic rings. The van der Waals surface area contributed by atoms with E-state index in [4.69, 9.17) is 10.00 Å². The minimum atomic E-state index is -0.921. The Hall–Kier alpha value is -1.82. The third-order valence-corrected chi connectivity index (χ3v) is 2.56. The lowest BCUT2D eigenvalue weighted by Gasteiger charge is -2.13. The van der Waals surface area contributed by atoms with Crippen molar-refractivity contribution >= 4 is 5.78 Å². The molecule has 0 saturated carbocycles. The van der Waals surface area contributed by atoms with Gasteiger partial charge in [-0.15, -0.1) is 0 Å². The maximum absolute atomic E-state index is 11.7. The van der Waals surface area contributed by atoms with Crippen molar-refractivity contribution in [3.05, 3.63) is 29.8 Å². The number of hydrogen-bond donors (Lipinski definition) is 0. The van der Waals surface area contributed by atoms with Crippen molar-refractivity contribution < 1.29 is 9.53 Å². The molecule has 0 radical (unpaired) electrons. The average Bonchev–Trinajstić information content (AvgIpc) is 2.29. The van der Waals surface area contributed by atoms with Crippen molar-refractivity contribution in [2.75, 3.05) is 6.61 Å². The Bertz CT molecular complexity index is 444. The van der Waals surface area contributed by atoms with Gasteiger partial charge in [0.2, 0.25) is 0 Å². The van der Waals surface area contributed by atoms with E-state index in [-0.39, 0.29) is 12.2 Å². The van der Waals surface area contributed by atoms with Crippen LogP contribution in [0.4, 0.5) is 0 Å². The normalized spacial score (nSPS) is 10.7. The molecule has 0 spiro atoms. The van der Waals surface area contributed by atoms with Gasteiger partial charge in [0.1, 0.15) is 11.2 Å². The zero-order valence-electron chi connectivity index (χ0n) is 10.5. The molecule has 0 atom stereocenters. The highest BCUT2D eigenvalue weighted by atomic mass is 16.5. The fourth-order valence-electron chi connectivity index (χ4n) is 1.34. The first-order valence-corrected chi connectivity index (χ1v) is 5.60. The molecule has 3 nitrogen and oxygen atoms in total. The lowest BCUT2D eigenvalue weighted by molar-refractivity contribution is -0.125. The third kappa shape index (κ3) is 3.92. The Morgan fingerprint density at radius 1 is 1.47 bits per heavy atom. The van der Waals surface area contributed by atoms with Crippen molar-refractivity contribution in [2.24, 2.45) is 5.41 Å². The molecule has 0 aromatic heterocycles. The molecule has 0 aliphatic carbocycles. The third-order valence-electron chi connectivity index (χ3n) is 2.56. The van der Waals surface area contributed by atoms with Gasteiger partial charge in [-0.1, -0.05) is 12.1 Å². The number of aryl methyl sites for hydroxylation is 1. The monoisotopic (exact) mass is 231 g/mol. The fraction of sp³-hybridized carbons (Fsp3) is 0.429. The van der Waals surface area contributed by atoms with Crippen LogP contribution >= 0.6 is 0 Å². The van der Waals surface area contributed by atoms with E-state index in [1.807, 2.05) is 37.3 Å². The molecule has 0 fully saturated rings. The van der Waals surface area contributed by atoms with E-state index < -0.39 is 5.41 Å². The number of benzene rings is 1. The number of nitriles is 1. The first-order valence-electron chi connectivity index (χ1n) is 5.60. The zero-order valence-corrected chi connectivity index (χ0v) is 10.5. The van der Waals surface area contributed by atoms with E-state index in [0.717, 1.165) is 11.3 Å². The molecule has 0 N–H and O–H groups in total. The molecule has 17 heavy (non-hydrogen) atoms. The molecule has 0 heterocycles. The predicted molar refractivity (Wildman–Crippen MR) is 65.7 cm³/mol. The molecule has 0 amide bonds. The molecule has 1 rings (SSSR count). The Morgan fingerprint density at radius 3 is 2.76 bits per heavy atom. The van der Waals surface area contributed by atoms with Gasteiger partial charge in [0.25, 0.3) is 0 Å². The summed E-state index contributed by atoms with van der Waals surface area (Å²) in [5, 5.41) is 8.81. The van der Waals surface area contributed by atoms with Crippen LogP contribution in [-0.2, 0) is 4.79 Å². The van der Waals surface area contributed by atoms with Crippen molar-refractivity contribution in [1.29, 1.82) is 5.26 Å². The highest BCUT2D eigenvalue weighted by Crippen LogP contribution is 2.18. The summed E-state index contributed by atoms with van der Waals surface area (Å²) in [4.78, 5) is 11.7. The van der Waals surface area contributed by atoms with E-state index in [1.165, 1.54) is 0 Å². The van der Waals surface area contributed by atoms with Gasteiger partial charge in [0.15, 0.2) is 5.78 Å². The van der Waals surface area contributed by atoms with Crippen LogP contribution in [0.15, 0.2) is 24.3 Å². The minimum Gasteiger partial charge on any atom is -0.493 e. The molecule has 0 unspecified atom stereocenters. The molecule has 1 aromatic carbocycles.